The van der Waals surface area contributed by atoms with Crippen LogP contribution in [0.15, 0.2) is 12.1 Å². The molecule has 0 bridgehead atoms. The van der Waals surface area contributed by atoms with E-state index in [0.717, 1.165) is 24.8 Å². The number of ether oxygens (including phenoxy) is 2. The molecule has 2 fully saturated rings. The number of methoxy groups -OCH3 is 1. The Hall–Kier alpha value is -1.66. The summed E-state index contributed by atoms with van der Waals surface area (Å²) in [4.78, 5) is 27.3. The summed E-state index contributed by atoms with van der Waals surface area (Å²) < 4.78 is 11.2. The molecule has 1 N–H and O–H groups in total. The van der Waals surface area contributed by atoms with E-state index in [1.807, 2.05) is 26.8 Å². The van der Waals surface area contributed by atoms with Crippen molar-refractivity contribution in [2.24, 2.45) is 0 Å². The van der Waals surface area contributed by atoms with Gasteiger partial charge in [0.15, 0.2) is 0 Å². The lowest BCUT2D eigenvalue weighted by atomic mass is 9.83. The second kappa shape index (κ2) is 9.86. The minimum atomic E-state index is -0.605. The van der Waals surface area contributed by atoms with Crippen LogP contribution in [-0.4, -0.2) is 48.2 Å². The smallest absolute Gasteiger partial charge is 0.410 e. The number of benzene rings is 1. The van der Waals surface area contributed by atoms with Crippen molar-refractivity contribution in [1.82, 2.24) is 10.2 Å². The van der Waals surface area contributed by atoms with Crippen LogP contribution in [0.2, 0.25) is 10.0 Å². The molecule has 2 aliphatic rings. The fourth-order valence-electron chi connectivity index (χ4n) is 4.23. The molecule has 1 saturated heterocycles. The van der Waals surface area contributed by atoms with Crippen molar-refractivity contribution in [2.75, 3.05) is 13.7 Å². The van der Waals surface area contributed by atoms with E-state index in [1.54, 1.807) is 18.1 Å². The highest BCUT2D eigenvalue weighted by molar-refractivity contribution is 6.42. The van der Waals surface area contributed by atoms with E-state index in [0.29, 0.717) is 35.2 Å². The van der Waals surface area contributed by atoms with Gasteiger partial charge in [-0.3, -0.25) is 4.79 Å². The maximum absolute atomic E-state index is 12.9. The average Bonchev–Trinajstić information content (AvgIpc) is 2.65. The number of halogens is 2. The Labute approximate surface area is 194 Å². The standard InChI is InChI=1S/C23H32Cl2N2O4/c1-23(2,3)31-22(29)27-11-10-14(20-18(30-4)9-8-17(24)21(20)25)12-16(27)13-19(28)26-15-6-5-7-15/h8-9,14-16H,5-7,10-13H2,1-4H3,(H,26,28). The van der Waals surface area contributed by atoms with Gasteiger partial charge in [0.1, 0.15) is 11.4 Å². The molecule has 2 amide bonds. The summed E-state index contributed by atoms with van der Waals surface area (Å²) in [5, 5.41) is 4.01. The highest BCUT2D eigenvalue weighted by Crippen LogP contribution is 2.44. The van der Waals surface area contributed by atoms with Crippen LogP contribution in [0.5, 0.6) is 5.75 Å². The number of carbonyl (C=O) groups is 2. The highest BCUT2D eigenvalue weighted by atomic mass is 35.5. The lowest BCUT2D eigenvalue weighted by Crippen LogP contribution is -2.50. The van der Waals surface area contributed by atoms with Crippen molar-refractivity contribution >= 4 is 35.2 Å². The zero-order chi connectivity index (χ0) is 22.8. The van der Waals surface area contributed by atoms with Gasteiger partial charge >= 0.3 is 6.09 Å². The molecule has 1 aliphatic carbocycles. The monoisotopic (exact) mass is 470 g/mol. The number of nitrogens with zero attached hydrogens (tertiary/aromatic N) is 1. The summed E-state index contributed by atoms with van der Waals surface area (Å²) in [6, 6.07) is 3.48. The molecule has 1 aliphatic heterocycles. The summed E-state index contributed by atoms with van der Waals surface area (Å²) in [6.45, 7) is 5.98. The minimum absolute atomic E-state index is 0.0151. The molecule has 2 unspecified atom stereocenters. The number of amides is 2. The van der Waals surface area contributed by atoms with Gasteiger partial charge in [0.25, 0.3) is 0 Å². The van der Waals surface area contributed by atoms with Crippen LogP contribution in [0.3, 0.4) is 0 Å². The molecule has 0 radical (unpaired) electrons. The molecule has 1 heterocycles. The van der Waals surface area contributed by atoms with Gasteiger partial charge in [-0.1, -0.05) is 23.2 Å². The normalized spacial score (nSPS) is 21.9. The Kier molecular flexibility index (Phi) is 7.63. The van der Waals surface area contributed by atoms with E-state index in [9.17, 15) is 9.59 Å². The largest absolute Gasteiger partial charge is 0.496 e. The van der Waals surface area contributed by atoms with Crippen LogP contribution in [0.4, 0.5) is 4.79 Å². The van der Waals surface area contributed by atoms with Crippen LogP contribution in [-0.2, 0) is 9.53 Å². The van der Waals surface area contributed by atoms with Gasteiger partial charge in [-0.15, -0.1) is 0 Å². The van der Waals surface area contributed by atoms with Gasteiger partial charge in [-0.2, -0.15) is 0 Å². The van der Waals surface area contributed by atoms with E-state index in [-0.39, 0.29) is 30.3 Å². The Morgan fingerprint density at radius 3 is 2.48 bits per heavy atom. The molecule has 1 aromatic rings. The lowest BCUT2D eigenvalue weighted by Gasteiger charge is -2.40. The van der Waals surface area contributed by atoms with Crippen LogP contribution >= 0.6 is 23.2 Å². The molecular formula is C23H32Cl2N2O4. The Morgan fingerprint density at radius 2 is 1.90 bits per heavy atom. The number of piperidine rings is 1. The number of rotatable bonds is 5. The quantitative estimate of drug-likeness (QED) is 0.612. The van der Waals surface area contributed by atoms with Gasteiger partial charge in [0.05, 0.1) is 17.2 Å². The van der Waals surface area contributed by atoms with Crippen LogP contribution in [0.25, 0.3) is 0 Å². The SMILES string of the molecule is COc1ccc(Cl)c(Cl)c1C1CCN(C(=O)OC(C)(C)C)C(CC(=O)NC2CCC2)C1. The molecule has 31 heavy (non-hydrogen) atoms. The van der Waals surface area contributed by atoms with Crippen molar-refractivity contribution in [3.8, 4) is 5.75 Å². The van der Waals surface area contributed by atoms with Crippen molar-refractivity contribution in [3.05, 3.63) is 27.7 Å². The first kappa shape index (κ1) is 24.0. The molecule has 1 saturated carbocycles. The van der Waals surface area contributed by atoms with Crippen molar-refractivity contribution in [3.63, 3.8) is 0 Å². The summed E-state index contributed by atoms with van der Waals surface area (Å²) in [5.74, 6) is 0.650. The van der Waals surface area contributed by atoms with Crippen LogP contribution < -0.4 is 10.1 Å². The van der Waals surface area contributed by atoms with Crippen molar-refractivity contribution in [1.29, 1.82) is 0 Å². The summed E-state index contributed by atoms with van der Waals surface area (Å²) >= 11 is 12.8. The summed E-state index contributed by atoms with van der Waals surface area (Å²) in [7, 11) is 1.60. The first-order valence-corrected chi connectivity index (χ1v) is 11.7. The maximum Gasteiger partial charge on any atom is 0.410 e. The number of hydrogen-bond donors (Lipinski definition) is 1. The maximum atomic E-state index is 12.9. The highest BCUT2D eigenvalue weighted by Gasteiger charge is 2.38. The number of hydrogen-bond acceptors (Lipinski definition) is 4. The lowest BCUT2D eigenvalue weighted by molar-refractivity contribution is -0.123. The topological polar surface area (TPSA) is 67.9 Å². The van der Waals surface area contributed by atoms with Crippen molar-refractivity contribution < 1.29 is 19.1 Å². The molecule has 2 atom stereocenters. The number of nitrogens with one attached hydrogen (secondary N) is 1. The molecule has 172 valence electrons. The minimum Gasteiger partial charge on any atom is -0.496 e. The average molecular weight is 471 g/mol. The summed E-state index contributed by atoms with van der Waals surface area (Å²) in [6.07, 6.45) is 4.27. The van der Waals surface area contributed by atoms with Crippen LogP contribution in [0, 0.1) is 0 Å². The molecular weight excluding hydrogens is 439 g/mol. The molecule has 1 aromatic carbocycles. The molecule has 6 nitrogen and oxygen atoms in total. The van der Waals surface area contributed by atoms with Gasteiger partial charge in [-0.25, -0.2) is 4.79 Å². The zero-order valence-corrected chi connectivity index (χ0v) is 20.2. The van der Waals surface area contributed by atoms with E-state index in [4.69, 9.17) is 32.7 Å². The molecule has 0 aromatic heterocycles. The second-order valence-electron chi connectivity index (χ2n) is 9.43. The van der Waals surface area contributed by atoms with E-state index in [1.165, 1.54) is 0 Å². The zero-order valence-electron chi connectivity index (χ0n) is 18.7. The van der Waals surface area contributed by atoms with Gasteiger partial charge in [-0.05, 0) is 70.9 Å². The predicted molar refractivity (Wildman–Crippen MR) is 122 cm³/mol. The molecule has 8 heteroatoms. The van der Waals surface area contributed by atoms with Crippen LogP contribution in [0.1, 0.15) is 70.8 Å². The number of carbonyl (C=O) groups excluding carboxylic acids is 2. The third-order valence-corrected chi connectivity index (χ3v) is 6.77. The molecule has 3 rings (SSSR count). The number of likely N-dealkylation sites (tertiary alicyclic amines) is 1. The Bertz CT molecular complexity index is 821. The fraction of sp³-hybridized carbons (Fsp3) is 0.652. The van der Waals surface area contributed by atoms with Crippen molar-refractivity contribution in [2.45, 2.75) is 82.9 Å². The van der Waals surface area contributed by atoms with Gasteiger partial charge in [0, 0.05) is 30.6 Å². The fourth-order valence-corrected chi connectivity index (χ4v) is 4.70. The van der Waals surface area contributed by atoms with E-state index in [2.05, 4.69) is 5.32 Å². The van der Waals surface area contributed by atoms with E-state index < -0.39 is 11.7 Å². The Morgan fingerprint density at radius 1 is 1.19 bits per heavy atom. The first-order valence-electron chi connectivity index (χ1n) is 10.9. The summed E-state index contributed by atoms with van der Waals surface area (Å²) in [5.41, 5.74) is 0.233. The van der Waals surface area contributed by atoms with E-state index >= 15 is 0 Å². The Balaban J connectivity index is 1.82. The third kappa shape index (κ3) is 5.98. The predicted octanol–water partition coefficient (Wildman–Crippen LogP) is 5.54. The van der Waals surface area contributed by atoms with Gasteiger partial charge in [0.2, 0.25) is 5.91 Å². The second-order valence-corrected chi connectivity index (χ2v) is 10.2. The van der Waals surface area contributed by atoms with Gasteiger partial charge < -0.3 is 19.7 Å². The third-order valence-electron chi connectivity index (χ3n) is 5.96. The molecule has 0 spiro atoms. The first-order chi connectivity index (χ1) is 14.6.